The highest BCUT2D eigenvalue weighted by Gasteiger charge is 2.31. The van der Waals surface area contributed by atoms with Crippen molar-refractivity contribution >= 4 is 42.4 Å². The summed E-state index contributed by atoms with van der Waals surface area (Å²) in [5, 5.41) is 0. The van der Waals surface area contributed by atoms with Gasteiger partial charge in [-0.25, -0.2) is 4.79 Å². The van der Waals surface area contributed by atoms with E-state index in [1.54, 1.807) is 8.93 Å². The number of halogens is 1. The summed E-state index contributed by atoms with van der Waals surface area (Å²) in [5.74, 6) is 1.38. The first-order chi connectivity index (χ1) is 12.1. The third kappa shape index (κ3) is 5.48. The van der Waals surface area contributed by atoms with E-state index in [9.17, 15) is 4.79 Å². The molecule has 0 amide bonds. The second kappa shape index (κ2) is 11.6. The molecular weight excluding hydrogens is 451 g/mol. The van der Waals surface area contributed by atoms with Gasteiger partial charge in [-0.3, -0.25) is 0 Å². The zero-order valence-electron chi connectivity index (χ0n) is 15.2. The Labute approximate surface area is 166 Å². The Hall–Kier alpha value is -1.02. The predicted octanol–water partition coefficient (Wildman–Crippen LogP) is 5.01. The van der Waals surface area contributed by atoms with Crippen LogP contribution in [-0.2, 0) is 29.0 Å². The Morgan fingerprint density at radius 1 is 1.32 bits per heavy atom. The van der Waals surface area contributed by atoms with E-state index < -0.39 is 0 Å². The quantitative estimate of drug-likeness (QED) is 0.182. The molecule has 0 N–H and O–H groups in total. The molecule has 0 aromatic heterocycles. The molecule has 0 atom stereocenters. The summed E-state index contributed by atoms with van der Waals surface area (Å²) in [5.41, 5.74) is 5.25. The Morgan fingerprint density at radius 2 is 2.00 bits per heavy atom. The Bertz CT molecular complexity index is 641. The lowest BCUT2D eigenvalue weighted by atomic mass is 9.89. The molecule has 2 rings (SSSR count). The van der Waals surface area contributed by atoms with Crippen molar-refractivity contribution in [3.05, 3.63) is 40.0 Å². The molecule has 6 heteroatoms. The number of cyclic esters (lactones) is 1. The number of hydrogen-bond donors (Lipinski definition) is 0. The minimum atomic E-state index is -0.250. The molecule has 0 saturated heterocycles. The summed E-state index contributed by atoms with van der Waals surface area (Å²) in [6.45, 7) is 8.66. The second-order valence-corrected chi connectivity index (χ2v) is 7.86. The number of rotatable bonds is 7. The van der Waals surface area contributed by atoms with Crippen molar-refractivity contribution in [3.63, 3.8) is 0 Å². The van der Waals surface area contributed by atoms with Crippen LogP contribution in [0.3, 0.4) is 0 Å². The topological polar surface area (TPSA) is 52.6 Å². The summed E-state index contributed by atoms with van der Waals surface area (Å²) in [7, 11) is 1.71. The number of esters is 1. The Balaban J connectivity index is 0.000000970. The smallest absolute Gasteiger partial charge is 0.342 e. The normalized spacial score (nSPS) is 12.4. The molecular formula is C19H25IO4S. The van der Waals surface area contributed by atoms with Gasteiger partial charge in [0.05, 0.1) is 6.61 Å². The molecule has 0 fully saturated rings. The number of hydrogen-bond acceptors (Lipinski definition) is 5. The van der Waals surface area contributed by atoms with Crippen molar-refractivity contribution in [2.45, 2.75) is 47.1 Å². The average molecular weight is 476 g/mol. The lowest BCUT2D eigenvalue weighted by molar-refractivity contribution is -0.106. The van der Waals surface area contributed by atoms with Gasteiger partial charge in [0.25, 0.3) is 0 Å². The van der Waals surface area contributed by atoms with E-state index >= 15 is 0 Å². The van der Waals surface area contributed by atoms with E-state index in [1.165, 1.54) is 18.1 Å². The SMILES string of the molecule is C/C=C\Cc1c(CC)c(C)c2c(c1OCCSI)C(=O)OC2.CC=O. The van der Waals surface area contributed by atoms with Gasteiger partial charge in [0, 0.05) is 16.9 Å². The maximum atomic E-state index is 12.2. The van der Waals surface area contributed by atoms with Gasteiger partial charge in [0.1, 0.15) is 24.2 Å². The van der Waals surface area contributed by atoms with Crippen molar-refractivity contribution < 1.29 is 19.1 Å². The van der Waals surface area contributed by atoms with Crippen LogP contribution < -0.4 is 4.74 Å². The van der Waals surface area contributed by atoms with E-state index in [1.807, 2.05) is 13.0 Å². The highest BCUT2D eigenvalue weighted by Crippen LogP contribution is 2.39. The number of aldehydes is 1. The van der Waals surface area contributed by atoms with E-state index in [4.69, 9.17) is 14.3 Å². The second-order valence-electron chi connectivity index (χ2n) is 5.37. The molecule has 0 aliphatic carbocycles. The maximum Gasteiger partial charge on any atom is 0.342 e. The van der Waals surface area contributed by atoms with Crippen LogP contribution >= 0.6 is 30.1 Å². The van der Waals surface area contributed by atoms with Gasteiger partial charge in [-0.2, -0.15) is 0 Å². The van der Waals surface area contributed by atoms with Gasteiger partial charge in [0.15, 0.2) is 0 Å². The van der Waals surface area contributed by atoms with E-state index in [0.717, 1.165) is 41.8 Å². The van der Waals surface area contributed by atoms with Crippen molar-refractivity contribution in [2.24, 2.45) is 0 Å². The third-order valence-electron chi connectivity index (χ3n) is 3.94. The van der Waals surface area contributed by atoms with Gasteiger partial charge in [-0.1, -0.05) is 28.0 Å². The van der Waals surface area contributed by atoms with Crippen molar-refractivity contribution in [1.29, 1.82) is 0 Å². The fourth-order valence-electron chi connectivity index (χ4n) is 2.89. The zero-order chi connectivity index (χ0) is 18.8. The zero-order valence-corrected chi connectivity index (χ0v) is 18.2. The predicted molar refractivity (Wildman–Crippen MR) is 112 cm³/mol. The van der Waals surface area contributed by atoms with Crippen LogP contribution in [0.4, 0.5) is 0 Å². The van der Waals surface area contributed by atoms with Gasteiger partial charge in [-0.05, 0) is 65.9 Å². The Kier molecular flexibility index (Phi) is 10.2. The summed E-state index contributed by atoms with van der Waals surface area (Å²) < 4.78 is 11.3. The first-order valence-corrected chi connectivity index (χ1v) is 11.8. The number of fused-ring (bicyclic) bond motifs is 1. The number of carbonyl (C=O) groups excluding carboxylic acids is 2. The summed E-state index contributed by atoms with van der Waals surface area (Å²) in [6.07, 6.45) is 6.61. The lowest BCUT2D eigenvalue weighted by Crippen LogP contribution is -2.11. The first-order valence-electron chi connectivity index (χ1n) is 8.28. The van der Waals surface area contributed by atoms with Crippen molar-refractivity contribution in [2.75, 3.05) is 12.4 Å². The number of carbonyl (C=O) groups is 2. The minimum Gasteiger partial charge on any atom is -0.491 e. The molecule has 1 heterocycles. The molecule has 0 bridgehead atoms. The third-order valence-corrected chi connectivity index (χ3v) is 5.58. The van der Waals surface area contributed by atoms with Crippen LogP contribution in [0, 0.1) is 6.92 Å². The standard InChI is InChI=1S/C17H21IO3S.C2H4O/c1-4-6-7-13-12(5-2)11(3)14-10-21-17(19)15(14)16(13)20-8-9-22-18;1-2-3/h4,6H,5,7-10H2,1-3H3;2H,1H3/b6-4-;. The fraction of sp³-hybridized carbons (Fsp3) is 0.474. The molecule has 0 unspecified atom stereocenters. The van der Waals surface area contributed by atoms with Crippen LogP contribution in [0.25, 0.3) is 0 Å². The first kappa shape index (κ1) is 22.0. The molecule has 1 aromatic carbocycles. The van der Waals surface area contributed by atoms with E-state index in [2.05, 4.69) is 41.1 Å². The lowest BCUT2D eigenvalue weighted by Gasteiger charge is -2.19. The molecule has 0 radical (unpaired) electrons. The monoisotopic (exact) mass is 476 g/mol. The molecule has 1 aliphatic heterocycles. The summed E-state index contributed by atoms with van der Waals surface area (Å²) in [6, 6.07) is 0. The largest absolute Gasteiger partial charge is 0.491 e. The average Bonchev–Trinajstić information content (AvgIpc) is 2.98. The van der Waals surface area contributed by atoms with Crippen molar-refractivity contribution in [1.82, 2.24) is 0 Å². The number of ether oxygens (including phenoxy) is 2. The molecule has 0 saturated carbocycles. The highest BCUT2D eigenvalue weighted by molar-refractivity contribution is 14.2. The van der Waals surface area contributed by atoms with Crippen molar-refractivity contribution in [3.8, 4) is 5.75 Å². The van der Waals surface area contributed by atoms with Crippen LogP contribution in [-0.4, -0.2) is 24.6 Å². The number of benzene rings is 1. The van der Waals surface area contributed by atoms with Gasteiger partial charge >= 0.3 is 5.97 Å². The molecule has 0 spiro atoms. The van der Waals surface area contributed by atoms with Crippen LogP contribution in [0.5, 0.6) is 5.75 Å². The van der Waals surface area contributed by atoms with Gasteiger partial charge in [0.2, 0.25) is 0 Å². The summed E-state index contributed by atoms with van der Waals surface area (Å²) >= 11 is 2.26. The molecule has 138 valence electrons. The van der Waals surface area contributed by atoms with Crippen LogP contribution in [0.15, 0.2) is 12.2 Å². The molecule has 1 aliphatic rings. The van der Waals surface area contributed by atoms with Crippen LogP contribution in [0.2, 0.25) is 0 Å². The fourth-order valence-corrected chi connectivity index (χ4v) is 3.58. The van der Waals surface area contributed by atoms with E-state index in [-0.39, 0.29) is 5.97 Å². The highest BCUT2D eigenvalue weighted by atomic mass is 127. The maximum absolute atomic E-state index is 12.2. The van der Waals surface area contributed by atoms with Gasteiger partial charge in [-0.15, -0.1) is 0 Å². The molecule has 4 nitrogen and oxygen atoms in total. The number of allylic oxidation sites excluding steroid dienone is 2. The Morgan fingerprint density at radius 3 is 2.56 bits per heavy atom. The van der Waals surface area contributed by atoms with Gasteiger partial charge < -0.3 is 14.3 Å². The van der Waals surface area contributed by atoms with E-state index in [0.29, 0.717) is 18.8 Å². The van der Waals surface area contributed by atoms with Crippen LogP contribution in [0.1, 0.15) is 53.4 Å². The molecule has 1 aromatic rings. The molecule has 25 heavy (non-hydrogen) atoms. The minimum absolute atomic E-state index is 0.250. The summed E-state index contributed by atoms with van der Waals surface area (Å²) in [4.78, 5) is 21.0.